The highest BCUT2D eigenvalue weighted by atomic mass is 32.2. The summed E-state index contributed by atoms with van der Waals surface area (Å²) < 4.78 is 31.9. The first-order chi connectivity index (χ1) is 11.8. The van der Waals surface area contributed by atoms with E-state index in [1.54, 1.807) is 42.5 Å². The van der Waals surface area contributed by atoms with E-state index in [1.165, 1.54) is 6.07 Å². The number of carbonyl (C=O) groups excluding carboxylic acids is 1. The lowest BCUT2D eigenvalue weighted by atomic mass is 10.1. The Morgan fingerprint density at radius 2 is 1.68 bits per heavy atom. The van der Waals surface area contributed by atoms with Gasteiger partial charge >= 0.3 is 0 Å². The summed E-state index contributed by atoms with van der Waals surface area (Å²) in [5.41, 5.74) is 6.76. The fourth-order valence-corrected chi connectivity index (χ4v) is 2.95. The standard InChI is InChI=1S/C17H14N2O5S/c18-11-6-4-10(5-7-11)17(21)19-15-3-1-2-13-14(15)8-12(9-16(13)20)25(22,23)24/h1-9,20H,18H2,(H,19,21)(H,22,23,24). The van der Waals surface area contributed by atoms with Gasteiger partial charge in [-0.2, -0.15) is 8.42 Å². The summed E-state index contributed by atoms with van der Waals surface area (Å²) in [6, 6.07) is 13.1. The van der Waals surface area contributed by atoms with Gasteiger partial charge in [0.25, 0.3) is 16.0 Å². The van der Waals surface area contributed by atoms with Gasteiger partial charge in [0.05, 0.1) is 4.90 Å². The highest BCUT2D eigenvalue weighted by molar-refractivity contribution is 7.85. The topological polar surface area (TPSA) is 130 Å². The average molecular weight is 358 g/mol. The number of nitrogens with two attached hydrogens (primary N) is 1. The molecule has 25 heavy (non-hydrogen) atoms. The lowest BCUT2D eigenvalue weighted by Crippen LogP contribution is -2.12. The zero-order valence-corrected chi connectivity index (χ0v) is 13.6. The number of phenols is 1. The van der Waals surface area contributed by atoms with Gasteiger partial charge in [0, 0.05) is 33.8 Å². The number of benzene rings is 3. The van der Waals surface area contributed by atoms with Crippen LogP contribution in [-0.2, 0) is 10.1 Å². The second kappa shape index (κ2) is 6.08. The minimum absolute atomic E-state index is 0.277. The van der Waals surface area contributed by atoms with Crippen LogP contribution in [0.15, 0.2) is 59.5 Å². The number of fused-ring (bicyclic) bond motifs is 1. The Morgan fingerprint density at radius 1 is 1.00 bits per heavy atom. The molecule has 0 bridgehead atoms. The van der Waals surface area contributed by atoms with Crippen LogP contribution < -0.4 is 11.1 Å². The van der Waals surface area contributed by atoms with E-state index in [0.717, 1.165) is 6.07 Å². The van der Waals surface area contributed by atoms with Gasteiger partial charge in [0.2, 0.25) is 0 Å². The first kappa shape index (κ1) is 16.7. The predicted molar refractivity (Wildman–Crippen MR) is 94.2 cm³/mol. The average Bonchev–Trinajstić information content (AvgIpc) is 2.55. The molecule has 128 valence electrons. The number of carbonyl (C=O) groups is 1. The number of nitrogen functional groups attached to an aromatic ring is 1. The number of rotatable bonds is 3. The molecule has 0 spiro atoms. The molecule has 0 saturated carbocycles. The Kier molecular flexibility index (Phi) is 4.07. The molecule has 0 aliphatic rings. The van der Waals surface area contributed by atoms with Crippen LogP contribution in [0.3, 0.4) is 0 Å². The van der Waals surface area contributed by atoms with Gasteiger partial charge in [-0.1, -0.05) is 12.1 Å². The molecule has 0 saturated heterocycles. The van der Waals surface area contributed by atoms with Crippen LogP contribution >= 0.6 is 0 Å². The maximum Gasteiger partial charge on any atom is 0.294 e. The Morgan fingerprint density at radius 3 is 2.32 bits per heavy atom. The third-order valence-electron chi connectivity index (χ3n) is 3.67. The molecule has 0 fully saturated rings. The van der Waals surface area contributed by atoms with Gasteiger partial charge in [0.15, 0.2) is 0 Å². The number of aromatic hydroxyl groups is 1. The molecule has 0 radical (unpaired) electrons. The van der Waals surface area contributed by atoms with Crippen LogP contribution in [0.1, 0.15) is 10.4 Å². The Balaban J connectivity index is 2.08. The molecular formula is C17H14N2O5S. The van der Waals surface area contributed by atoms with Crippen LogP contribution in [0.4, 0.5) is 11.4 Å². The van der Waals surface area contributed by atoms with E-state index < -0.39 is 20.9 Å². The second-order valence-electron chi connectivity index (χ2n) is 5.39. The summed E-state index contributed by atoms with van der Waals surface area (Å²) in [6.45, 7) is 0. The lowest BCUT2D eigenvalue weighted by Gasteiger charge is -2.11. The highest BCUT2D eigenvalue weighted by Gasteiger charge is 2.16. The quantitative estimate of drug-likeness (QED) is 0.421. The molecule has 0 aliphatic heterocycles. The summed E-state index contributed by atoms with van der Waals surface area (Å²) in [7, 11) is -4.51. The first-order valence-corrected chi connectivity index (χ1v) is 8.60. The molecule has 0 unspecified atom stereocenters. The molecule has 5 N–H and O–H groups in total. The normalized spacial score (nSPS) is 11.4. The first-order valence-electron chi connectivity index (χ1n) is 7.16. The number of anilines is 2. The largest absolute Gasteiger partial charge is 0.507 e. The van der Waals surface area contributed by atoms with Crippen molar-refractivity contribution in [3.05, 3.63) is 60.2 Å². The van der Waals surface area contributed by atoms with Gasteiger partial charge in [-0.05, 0) is 36.4 Å². The Labute approximate surface area is 143 Å². The van der Waals surface area contributed by atoms with Crippen molar-refractivity contribution >= 4 is 38.2 Å². The van der Waals surface area contributed by atoms with E-state index in [2.05, 4.69) is 5.32 Å². The van der Waals surface area contributed by atoms with Gasteiger partial charge in [0.1, 0.15) is 5.75 Å². The molecule has 0 aliphatic carbocycles. The summed E-state index contributed by atoms with van der Waals surface area (Å²) in [4.78, 5) is 11.9. The fourth-order valence-electron chi connectivity index (χ4n) is 2.43. The van der Waals surface area contributed by atoms with E-state index in [9.17, 15) is 22.9 Å². The molecular weight excluding hydrogens is 344 g/mol. The zero-order chi connectivity index (χ0) is 18.2. The van der Waals surface area contributed by atoms with Crippen LogP contribution in [0.25, 0.3) is 10.8 Å². The number of amides is 1. The van der Waals surface area contributed by atoms with Crippen LogP contribution in [0, 0.1) is 0 Å². The van der Waals surface area contributed by atoms with E-state index in [1.807, 2.05) is 0 Å². The molecule has 0 atom stereocenters. The maximum absolute atomic E-state index is 12.4. The third kappa shape index (κ3) is 3.39. The van der Waals surface area contributed by atoms with Gasteiger partial charge < -0.3 is 16.2 Å². The van der Waals surface area contributed by atoms with Crippen LogP contribution in [0.2, 0.25) is 0 Å². The molecule has 3 aromatic carbocycles. The monoisotopic (exact) mass is 358 g/mol. The highest BCUT2D eigenvalue weighted by Crippen LogP contribution is 2.33. The molecule has 0 aromatic heterocycles. The van der Waals surface area contributed by atoms with Crippen molar-refractivity contribution in [1.29, 1.82) is 0 Å². The number of hydrogen-bond donors (Lipinski definition) is 4. The van der Waals surface area contributed by atoms with Crippen LogP contribution in [-0.4, -0.2) is 24.0 Å². The lowest BCUT2D eigenvalue weighted by molar-refractivity contribution is 0.102. The fraction of sp³-hybridized carbons (Fsp3) is 0. The van der Waals surface area contributed by atoms with Gasteiger partial charge in [-0.3, -0.25) is 9.35 Å². The summed E-state index contributed by atoms with van der Waals surface area (Å²) in [6.07, 6.45) is 0. The van der Waals surface area contributed by atoms with E-state index >= 15 is 0 Å². The number of hydrogen-bond acceptors (Lipinski definition) is 5. The maximum atomic E-state index is 12.4. The Bertz CT molecular complexity index is 1080. The minimum Gasteiger partial charge on any atom is -0.507 e. The SMILES string of the molecule is Nc1ccc(C(=O)Nc2cccc3c(O)cc(S(=O)(=O)O)cc23)cc1. The van der Waals surface area contributed by atoms with Crippen molar-refractivity contribution in [3.63, 3.8) is 0 Å². The number of phenolic OH excluding ortho intramolecular Hbond substituents is 1. The van der Waals surface area contributed by atoms with Crippen molar-refractivity contribution in [3.8, 4) is 5.75 Å². The van der Waals surface area contributed by atoms with Crippen LogP contribution in [0.5, 0.6) is 5.75 Å². The third-order valence-corrected chi connectivity index (χ3v) is 4.50. The van der Waals surface area contributed by atoms with Crippen molar-refractivity contribution in [2.24, 2.45) is 0 Å². The minimum atomic E-state index is -4.51. The molecule has 3 rings (SSSR count). The smallest absolute Gasteiger partial charge is 0.294 e. The molecule has 8 heteroatoms. The van der Waals surface area contributed by atoms with Crippen molar-refractivity contribution in [1.82, 2.24) is 0 Å². The predicted octanol–water partition coefficient (Wildman–Crippen LogP) is 2.63. The molecule has 3 aromatic rings. The summed E-state index contributed by atoms with van der Waals surface area (Å²) >= 11 is 0. The summed E-state index contributed by atoms with van der Waals surface area (Å²) in [5.74, 6) is -0.752. The van der Waals surface area contributed by atoms with E-state index in [-0.39, 0.29) is 11.1 Å². The molecule has 7 nitrogen and oxygen atoms in total. The molecule has 0 heterocycles. The molecule has 1 amide bonds. The van der Waals surface area contributed by atoms with E-state index in [0.29, 0.717) is 22.3 Å². The van der Waals surface area contributed by atoms with E-state index in [4.69, 9.17) is 5.73 Å². The van der Waals surface area contributed by atoms with Gasteiger partial charge in [-0.25, -0.2) is 0 Å². The number of nitrogens with one attached hydrogen (secondary N) is 1. The van der Waals surface area contributed by atoms with Gasteiger partial charge in [-0.15, -0.1) is 0 Å². The Hall–Kier alpha value is -3.10. The van der Waals surface area contributed by atoms with Crippen molar-refractivity contribution in [2.45, 2.75) is 4.90 Å². The zero-order valence-electron chi connectivity index (χ0n) is 12.8. The summed E-state index contributed by atoms with van der Waals surface area (Å²) in [5, 5.41) is 13.3. The van der Waals surface area contributed by atoms with Crippen molar-refractivity contribution < 1.29 is 22.9 Å². The van der Waals surface area contributed by atoms with Crippen molar-refractivity contribution in [2.75, 3.05) is 11.1 Å². The second-order valence-corrected chi connectivity index (χ2v) is 6.82.